The van der Waals surface area contributed by atoms with Gasteiger partial charge in [0.05, 0.1) is 28.0 Å². The summed E-state index contributed by atoms with van der Waals surface area (Å²) in [6.07, 6.45) is 4.39. The van der Waals surface area contributed by atoms with Gasteiger partial charge < -0.3 is 4.74 Å². The van der Waals surface area contributed by atoms with Crippen molar-refractivity contribution in [1.82, 2.24) is 19.0 Å². The van der Waals surface area contributed by atoms with Crippen LogP contribution in [0, 0.1) is 5.92 Å². The summed E-state index contributed by atoms with van der Waals surface area (Å²) in [7, 11) is -2.17. The van der Waals surface area contributed by atoms with Crippen LogP contribution >= 0.6 is 24.0 Å². The van der Waals surface area contributed by atoms with E-state index in [2.05, 4.69) is 0 Å². The van der Waals surface area contributed by atoms with Gasteiger partial charge in [0.1, 0.15) is 10.0 Å². The lowest BCUT2D eigenvalue weighted by molar-refractivity contribution is -0.149. The van der Waals surface area contributed by atoms with Crippen molar-refractivity contribution >= 4 is 56.3 Å². The van der Waals surface area contributed by atoms with E-state index in [4.69, 9.17) is 22.1 Å². The van der Waals surface area contributed by atoms with Gasteiger partial charge in [0, 0.05) is 37.5 Å². The third kappa shape index (κ3) is 5.62. The van der Waals surface area contributed by atoms with E-state index in [-0.39, 0.29) is 35.8 Å². The molecule has 0 saturated carbocycles. The number of hydrogen-bond donors (Lipinski definition) is 0. The number of carbonyl (C=O) groups is 2. The van der Waals surface area contributed by atoms with Crippen LogP contribution in [0.25, 0.3) is 23.0 Å². The number of ether oxygens (including phenoxy) is 1. The molecule has 40 heavy (non-hydrogen) atoms. The van der Waals surface area contributed by atoms with E-state index in [0.717, 1.165) is 5.69 Å². The van der Waals surface area contributed by atoms with Crippen LogP contribution in [0.3, 0.4) is 0 Å². The number of benzene rings is 2. The maximum Gasteiger partial charge on any atom is 0.309 e. The smallest absolute Gasteiger partial charge is 0.309 e. The first kappa shape index (κ1) is 28.2. The number of piperidine rings is 1. The second-order valence-electron chi connectivity index (χ2n) is 9.41. The van der Waals surface area contributed by atoms with E-state index >= 15 is 0 Å². The summed E-state index contributed by atoms with van der Waals surface area (Å²) < 4.78 is 35.9. The molecule has 12 heteroatoms. The SMILES string of the molecule is CCOC(=O)C1CCN(S(=O)(=O)c2cccc(-c3nn(-c4ccccc4)cc3/C=C3\SC(=S)N(C)C3=O)c2)CC1. The minimum atomic E-state index is -3.81. The molecule has 5 rings (SSSR count). The molecule has 2 fully saturated rings. The van der Waals surface area contributed by atoms with Crippen molar-refractivity contribution in [3.8, 4) is 16.9 Å². The first-order valence-corrected chi connectivity index (χ1v) is 15.5. The first-order valence-electron chi connectivity index (χ1n) is 12.8. The number of nitrogens with zero attached hydrogens (tertiary/aromatic N) is 4. The van der Waals surface area contributed by atoms with Crippen molar-refractivity contribution in [3.05, 3.63) is 71.3 Å². The largest absolute Gasteiger partial charge is 0.466 e. The average Bonchev–Trinajstić information content (AvgIpc) is 3.50. The Morgan fingerprint density at radius 1 is 1.15 bits per heavy atom. The molecule has 0 unspecified atom stereocenters. The zero-order chi connectivity index (χ0) is 28.4. The lowest BCUT2D eigenvalue weighted by Crippen LogP contribution is -2.40. The van der Waals surface area contributed by atoms with Crippen LogP contribution in [0.2, 0.25) is 0 Å². The van der Waals surface area contributed by atoms with Crippen molar-refractivity contribution in [2.24, 2.45) is 5.92 Å². The lowest BCUT2D eigenvalue weighted by atomic mass is 9.98. The van der Waals surface area contributed by atoms with Crippen LogP contribution in [0.5, 0.6) is 0 Å². The van der Waals surface area contributed by atoms with E-state index in [1.54, 1.807) is 49.0 Å². The van der Waals surface area contributed by atoms with Crippen LogP contribution in [0.15, 0.2) is 70.6 Å². The number of sulfonamides is 1. The zero-order valence-electron chi connectivity index (χ0n) is 22.0. The molecule has 0 N–H and O–H groups in total. The maximum atomic E-state index is 13.6. The normalized spacial score (nSPS) is 18.1. The zero-order valence-corrected chi connectivity index (χ0v) is 24.5. The van der Waals surface area contributed by atoms with Gasteiger partial charge in [0.15, 0.2) is 0 Å². The van der Waals surface area contributed by atoms with Gasteiger partial charge in [0.25, 0.3) is 5.91 Å². The Bertz CT molecular complexity index is 1590. The first-order chi connectivity index (χ1) is 19.2. The Labute approximate surface area is 242 Å². The molecule has 2 aromatic carbocycles. The fourth-order valence-electron chi connectivity index (χ4n) is 4.66. The van der Waals surface area contributed by atoms with Gasteiger partial charge in [-0.3, -0.25) is 14.5 Å². The molecule has 2 saturated heterocycles. The second-order valence-corrected chi connectivity index (χ2v) is 13.0. The van der Waals surface area contributed by atoms with Crippen LogP contribution in [0.1, 0.15) is 25.3 Å². The molecule has 0 aliphatic carbocycles. The minimum Gasteiger partial charge on any atom is -0.466 e. The molecule has 1 aromatic heterocycles. The Hall–Kier alpha value is -3.32. The van der Waals surface area contributed by atoms with Crippen LogP contribution in [0.4, 0.5) is 0 Å². The standard InChI is InChI=1S/C28H28N4O5S3/c1-3-37-27(34)19-12-14-31(15-13-19)40(35,36)23-11-7-8-20(16-23)25-21(17-24-26(33)30(2)28(38)39-24)18-32(29-25)22-9-5-4-6-10-22/h4-11,16-19H,3,12-15H2,1-2H3/b24-17-. The second kappa shape index (κ2) is 11.7. The van der Waals surface area contributed by atoms with E-state index in [1.807, 2.05) is 36.5 Å². The summed E-state index contributed by atoms with van der Waals surface area (Å²) in [6, 6.07) is 16.2. The third-order valence-corrected chi connectivity index (χ3v) is 10.2. The Balaban J connectivity index is 1.49. The highest BCUT2D eigenvalue weighted by molar-refractivity contribution is 8.26. The number of rotatable bonds is 7. The van der Waals surface area contributed by atoms with Gasteiger partial charge in [-0.1, -0.05) is 54.3 Å². The Morgan fingerprint density at radius 3 is 2.52 bits per heavy atom. The number of thiocarbonyl (C=S) groups is 1. The predicted octanol–water partition coefficient (Wildman–Crippen LogP) is 4.33. The molecule has 3 aromatic rings. The molecule has 0 atom stereocenters. The van der Waals surface area contributed by atoms with Crippen LogP contribution in [-0.2, 0) is 24.3 Å². The number of aromatic nitrogens is 2. The van der Waals surface area contributed by atoms with Crippen LogP contribution in [-0.4, -0.2) is 70.3 Å². The highest BCUT2D eigenvalue weighted by atomic mass is 32.2. The maximum absolute atomic E-state index is 13.6. The van der Waals surface area contributed by atoms with Crippen molar-refractivity contribution in [1.29, 1.82) is 0 Å². The van der Waals surface area contributed by atoms with Gasteiger partial charge in [-0.05, 0) is 50.1 Å². The Kier molecular flexibility index (Phi) is 8.22. The highest BCUT2D eigenvalue weighted by Crippen LogP contribution is 2.35. The number of likely N-dealkylation sites (N-methyl/N-ethyl adjacent to an activating group) is 1. The van der Waals surface area contributed by atoms with Gasteiger partial charge in [-0.2, -0.15) is 9.40 Å². The number of amides is 1. The summed E-state index contributed by atoms with van der Waals surface area (Å²) in [5.74, 6) is -0.766. The van der Waals surface area contributed by atoms with Crippen molar-refractivity contribution in [2.75, 3.05) is 26.7 Å². The molecule has 208 valence electrons. The van der Waals surface area contributed by atoms with Gasteiger partial charge in [0.2, 0.25) is 10.0 Å². The molecule has 0 bridgehead atoms. The third-order valence-electron chi connectivity index (χ3n) is 6.86. The number of carbonyl (C=O) groups excluding carboxylic acids is 2. The Morgan fingerprint density at radius 2 is 1.88 bits per heavy atom. The molecule has 2 aliphatic heterocycles. The quantitative estimate of drug-likeness (QED) is 0.226. The van der Waals surface area contributed by atoms with E-state index in [1.165, 1.54) is 21.0 Å². The molecular weight excluding hydrogens is 569 g/mol. The van der Waals surface area contributed by atoms with E-state index in [0.29, 0.717) is 45.5 Å². The number of para-hydroxylation sites is 1. The molecule has 0 spiro atoms. The predicted molar refractivity (Wildman–Crippen MR) is 158 cm³/mol. The molecular formula is C28H28N4O5S3. The summed E-state index contributed by atoms with van der Waals surface area (Å²) >= 11 is 6.50. The molecule has 2 aliphatic rings. The van der Waals surface area contributed by atoms with E-state index < -0.39 is 10.0 Å². The van der Waals surface area contributed by atoms with Crippen molar-refractivity contribution in [3.63, 3.8) is 0 Å². The van der Waals surface area contributed by atoms with Crippen molar-refractivity contribution < 1.29 is 22.7 Å². The molecule has 0 radical (unpaired) electrons. The summed E-state index contributed by atoms with van der Waals surface area (Å²) in [5, 5.41) is 4.78. The fraction of sp³-hybridized carbons (Fsp3) is 0.286. The number of esters is 1. The van der Waals surface area contributed by atoms with E-state index in [9.17, 15) is 18.0 Å². The van der Waals surface area contributed by atoms with Gasteiger partial charge in [-0.15, -0.1) is 0 Å². The average molecular weight is 597 g/mol. The summed E-state index contributed by atoms with van der Waals surface area (Å²) in [4.78, 5) is 26.8. The molecule has 1 amide bonds. The molecule has 9 nitrogen and oxygen atoms in total. The number of thioether (sulfide) groups is 1. The summed E-state index contributed by atoms with van der Waals surface area (Å²) in [6.45, 7) is 2.54. The molecule has 3 heterocycles. The highest BCUT2D eigenvalue weighted by Gasteiger charge is 2.33. The van der Waals surface area contributed by atoms with Crippen LogP contribution < -0.4 is 0 Å². The summed E-state index contributed by atoms with van der Waals surface area (Å²) in [5.41, 5.74) is 2.60. The topological polar surface area (TPSA) is 102 Å². The monoisotopic (exact) mass is 596 g/mol. The van der Waals surface area contributed by atoms with Crippen molar-refractivity contribution in [2.45, 2.75) is 24.7 Å². The fourth-order valence-corrected chi connectivity index (χ4v) is 7.35. The van der Waals surface area contributed by atoms with Gasteiger partial charge >= 0.3 is 5.97 Å². The number of hydrogen-bond acceptors (Lipinski definition) is 8. The minimum absolute atomic E-state index is 0.139. The van der Waals surface area contributed by atoms with Gasteiger partial charge in [-0.25, -0.2) is 13.1 Å². The lowest BCUT2D eigenvalue weighted by Gasteiger charge is -2.30.